The molecule has 5 nitrogen and oxygen atoms in total. The minimum Gasteiger partial charge on any atom is -0.361 e. The Morgan fingerprint density at radius 3 is 2.90 bits per heavy atom. The Labute approximate surface area is 114 Å². The number of rotatable bonds is 2. The Hall–Kier alpha value is -2.87. The van der Waals surface area contributed by atoms with E-state index in [1.807, 2.05) is 35.8 Å². The average molecular weight is 265 g/mol. The lowest BCUT2D eigenvalue weighted by atomic mass is 10.1. The number of aryl methyl sites for hydroxylation is 1. The van der Waals surface area contributed by atoms with Gasteiger partial charge in [0.25, 0.3) is 0 Å². The van der Waals surface area contributed by atoms with Crippen LogP contribution in [0.5, 0.6) is 0 Å². The largest absolute Gasteiger partial charge is 0.361 e. The maximum atomic E-state index is 12.1. The summed E-state index contributed by atoms with van der Waals surface area (Å²) >= 11 is 0. The first kappa shape index (κ1) is 12.2. The number of nitrogens with zero attached hydrogens (tertiary/aromatic N) is 3. The van der Waals surface area contributed by atoms with Gasteiger partial charge >= 0.3 is 0 Å². The van der Waals surface area contributed by atoms with Crippen LogP contribution in [0.25, 0.3) is 10.9 Å². The van der Waals surface area contributed by atoms with Crippen molar-refractivity contribution >= 4 is 10.9 Å². The van der Waals surface area contributed by atoms with Gasteiger partial charge in [-0.05, 0) is 19.1 Å². The Balaban J connectivity index is 2.22. The summed E-state index contributed by atoms with van der Waals surface area (Å²) in [5.41, 5.74) is 1.41. The summed E-state index contributed by atoms with van der Waals surface area (Å²) in [7, 11) is 0. The smallest absolute Gasteiger partial charge is 0.207 e. The molecule has 2 heterocycles. The van der Waals surface area contributed by atoms with Gasteiger partial charge in [-0.25, -0.2) is 0 Å². The van der Waals surface area contributed by atoms with Crippen LogP contribution in [0.2, 0.25) is 0 Å². The molecule has 0 unspecified atom stereocenters. The fourth-order valence-corrected chi connectivity index (χ4v) is 2.22. The van der Waals surface area contributed by atoms with E-state index in [0.29, 0.717) is 11.9 Å². The van der Waals surface area contributed by atoms with Crippen molar-refractivity contribution in [2.45, 2.75) is 13.5 Å². The van der Waals surface area contributed by atoms with Crippen LogP contribution in [0, 0.1) is 18.3 Å². The minimum atomic E-state index is -0.240. The van der Waals surface area contributed by atoms with Gasteiger partial charge in [0, 0.05) is 17.6 Å². The Bertz CT molecular complexity index is 884. The Morgan fingerprint density at radius 2 is 2.20 bits per heavy atom. The molecule has 0 aliphatic heterocycles. The molecule has 0 spiro atoms. The lowest BCUT2D eigenvalue weighted by Gasteiger charge is -2.09. The van der Waals surface area contributed by atoms with Crippen LogP contribution in [0.15, 0.2) is 45.8 Å². The molecule has 3 aromatic rings. The van der Waals surface area contributed by atoms with Gasteiger partial charge in [-0.1, -0.05) is 17.3 Å². The van der Waals surface area contributed by atoms with Gasteiger partial charge in [0.05, 0.1) is 12.1 Å². The third-order valence-corrected chi connectivity index (χ3v) is 3.12. The molecule has 3 rings (SSSR count). The van der Waals surface area contributed by atoms with Gasteiger partial charge in [-0.3, -0.25) is 4.79 Å². The highest BCUT2D eigenvalue weighted by Crippen LogP contribution is 2.13. The van der Waals surface area contributed by atoms with Crippen LogP contribution in [0.1, 0.15) is 17.0 Å². The molecule has 0 amide bonds. The lowest BCUT2D eigenvalue weighted by molar-refractivity contribution is 0.389. The Morgan fingerprint density at radius 1 is 1.40 bits per heavy atom. The highest BCUT2D eigenvalue weighted by molar-refractivity contribution is 5.80. The second-order valence-corrected chi connectivity index (χ2v) is 4.56. The number of hydrogen-bond donors (Lipinski definition) is 0. The van der Waals surface area contributed by atoms with Gasteiger partial charge in [-0.15, -0.1) is 0 Å². The topological polar surface area (TPSA) is 71.8 Å². The number of hydrogen-bond acceptors (Lipinski definition) is 4. The number of fused-ring (bicyclic) bond motifs is 1. The van der Waals surface area contributed by atoms with E-state index < -0.39 is 0 Å². The molecule has 0 saturated carbocycles. The molecule has 0 bridgehead atoms. The van der Waals surface area contributed by atoms with Crippen LogP contribution in [-0.2, 0) is 6.54 Å². The van der Waals surface area contributed by atoms with Crippen molar-refractivity contribution in [1.29, 1.82) is 5.26 Å². The summed E-state index contributed by atoms with van der Waals surface area (Å²) in [5, 5.41) is 13.5. The van der Waals surface area contributed by atoms with E-state index in [2.05, 4.69) is 5.16 Å². The first-order valence-electron chi connectivity index (χ1n) is 6.13. The van der Waals surface area contributed by atoms with E-state index in [-0.39, 0.29) is 11.0 Å². The van der Waals surface area contributed by atoms with Gasteiger partial charge in [-0.2, -0.15) is 5.26 Å². The van der Waals surface area contributed by atoms with Crippen molar-refractivity contribution in [3.05, 3.63) is 63.8 Å². The third-order valence-electron chi connectivity index (χ3n) is 3.12. The highest BCUT2D eigenvalue weighted by atomic mass is 16.5. The first-order chi connectivity index (χ1) is 9.69. The molecule has 0 atom stereocenters. The van der Waals surface area contributed by atoms with E-state index in [9.17, 15) is 4.79 Å². The summed E-state index contributed by atoms with van der Waals surface area (Å²) in [6.07, 6.45) is 1.56. The number of benzene rings is 1. The molecule has 0 fully saturated rings. The summed E-state index contributed by atoms with van der Waals surface area (Å²) in [6.45, 7) is 2.27. The number of nitriles is 1. The summed E-state index contributed by atoms with van der Waals surface area (Å²) in [4.78, 5) is 12.1. The van der Waals surface area contributed by atoms with Crippen LogP contribution in [0.4, 0.5) is 0 Å². The van der Waals surface area contributed by atoms with Crippen molar-refractivity contribution in [3.8, 4) is 6.07 Å². The zero-order valence-electron chi connectivity index (χ0n) is 10.8. The molecule has 1 aromatic carbocycles. The molecule has 0 aliphatic carbocycles. The quantitative estimate of drug-likeness (QED) is 0.712. The van der Waals surface area contributed by atoms with Gasteiger partial charge in [0.15, 0.2) is 0 Å². The standard InChI is InChI=1S/C15H11N3O2/c1-10-6-12(17-20-10)9-18-8-11(7-16)15(19)13-4-2-3-5-14(13)18/h2-6,8H,9H2,1H3. The number of pyridine rings is 1. The van der Waals surface area contributed by atoms with Gasteiger partial charge in [0.2, 0.25) is 5.43 Å². The van der Waals surface area contributed by atoms with E-state index >= 15 is 0 Å². The monoisotopic (exact) mass is 265 g/mol. The molecule has 2 aromatic heterocycles. The fourth-order valence-electron chi connectivity index (χ4n) is 2.22. The number of aromatic nitrogens is 2. The van der Waals surface area contributed by atoms with E-state index in [1.165, 1.54) is 0 Å². The summed E-state index contributed by atoms with van der Waals surface area (Å²) in [6, 6.07) is 11.0. The van der Waals surface area contributed by atoms with Crippen LogP contribution < -0.4 is 5.43 Å². The summed E-state index contributed by atoms with van der Waals surface area (Å²) < 4.78 is 6.88. The molecule has 0 radical (unpaired) electrons. The Kier molecular flexibility index (Phi) is 2.84. The van der Waals surface area contributed by atoms with Crippen molar-refractivity contribution in [2.75, 3.05) is 0 Å². The van der Waals surface area contributed by atoms with Crippen molar-refractivity contribution in [2.24, 2.45) is 0 Å². The maximum Gasteiger partial charge on any atom is 0.207 e. The molecule has 0 saturated heterocycles. The number of para-hydroxylation sites is 1. The second kappa shape index (κ2) is 4.67. The van der Waals surface area contributed by atoms with Crippen molar-refractivity contribution in [1.82, 2.24) is 9.72 Å². The normalized spacial score (nSPS) is 10.6. The molecule has 0 N–H and O–H groups in total. The van der Waals surface area contributed by atoms with Crippen LogP contribution in [-0.4, -0.2) is 9.72 Å². The summed E-state index contributed by atoms with van der Waals surface area (Å²) in [5.74, 6) is 0.728. The van der Waals surface area contributed by atoms with Crippen molar-refractivity contribution in [3.63, 3.8) is 0 Å². The maximum absolute atomic E-state index is 12.1. The molecular weight excluding hydrogens is 254 g/mol. The van der Waals surface area contributed by atoms with Crippen LogP contribution in [0.3, 0.4) is 0 Å². The fraction of sp³-hybridized carbons (Fsp3) is 0.133. The van der Waals surface area contributed by atoms with Crippen molar-refractivity contribution < 1.29 is 4.52 Å². The highest BCUT2D eigenvalue weighted by Gasteiger charge is 2.10. The predicted molar refractivity (Wildman–Crippen MR) is 73.3 cm³/mol. The zero-order valence-corrected chi connectivity index (χ0v) is 10.8. The van der Waals surface area contributed by atoms with E-state index in [0.717, 1.165) is 17.0 Å². The third kappa shape index (κ3) is 1.97. The second-order valence-electron chi connectivity index (χ2n) is 4.56. The van der Waals surface area contributed by atoms with E-state index in [4.69, 9.17) is 9.78 Å². The van der Waals surface area contributed by atoms with Gasteiger partial charge < -0.3 is 9.09 Å². The van der Waals surface area contributed by atoms with Gasteiger partial charge in [0.1, 0.15) is 23.1 Å². The molecule has 5 heteroatoms. The average Bonchev–Trinajstić information content (AvgIpc) is 2.87. The molecule has 20 heavy (non-hydrogen) atoms. The SMILES string of the molecule is Cc1cc(Cn2cc(C#N)c(=O)c3ccccc32)no1. The molecular formula is C15H11N3O2. The van der Waals surface area contributed by atoms with E-state index in [1.54, 1.807) is 18.3 Å². The lowest BCUT2D eigenvalue weighted by Crippen LogP contribution is -2.13. The van der Waals surface area contributed by atoms with Crippen LogP contribution >= 0.6 is 0 Å². The first-order valence-corrected chi connectivity index (χ1v) is 6.13. The molecule has 0 aliphatic rings. The minimum absolute atomic E-state index is 0.129. The zero-order chi connectivity index (χ0) is 14.1. The molecule has 98 valence electrons. The predicted octanol–water partition coefficient (Wildman–Crippen LogP) is 2.22.